The van der Waals surface area contributed by atoms with E-state index in [-0.39, 0.29) is 40.9 Å². The Morgan fingerprint density at radius 1 is 0.606 bits per heavy atom. The number of hydrogen-bond acceptors (Lipinski definition) is 2. The summed E-state index contributed by atoms with van der Waals surface area (Å²) in [6.45, 7) is 23.4. The van der Waals surface area contributed by atoms with Gasteiger partial charge in [0.1, 0.15) is 12.6 Å². The zero-order valence-corrected chi connectivity index (χ0v) is 22.5. The molecule has 0 saturated heterocycles. The van der Waals surface area contributed by atoms with Crippen molar-refractivity contribution in [3.8, 4) is 0 Å². The van der Waals surface area contributed by atoms with Crippen LogP contribution in [0.2, 0.25) is 0 Å². The van der Waals surface area contributed by atoms with Crippen molar-refractivity contribution in [2.24, 2.45) is 45.3 Å². The number of rotatable bonds is 2. The molecule has 0 bridgehead atoms. The van der Waals surface area contributed by atoms with Crippen LogP contribution in [-0.2, 0) is 9.59 Å². The molecular weight excluding hydrogens is 404 g/mol. The Morgan fingerprint density at radius 3 is 1.18 bits per heavy atom. The molecular formula is C31H52O2. The first-order valence-electron chi connectivity index (χ1n) is 13.0. The van der Waals surface area contributed by atoms with Crippen LogP contribution in [-0.4, -0.2) is 12.6 Å². The lowest BCUT2D eigenvalue weighted by atomic mass is 9.69. The summed E-state index contributed by atoms with van der Waals surface area (Å²) in [5.74, 6) is 1.65. The highest BCUT2D eigenvalue weighted by atomic mass is 16.1. The molecule has 0 saturated carbocycles. The van der Waals surface area contributed by atoms with Crippen molar-refractivity contribution in [3.63, 3.8) is 0 Å². The van der Waals surface area contributed by atoms with Gasteiger partial charge in [-0.15, -0.1) is 0 Å². The zero-order valence-electron chi connectivity index (χ0n) is 22.5. The fourth-order valence-corrected chi connectivity index (χ4v) is 8.14. The van der Waals surface area contributed by atoms with Gasteiger partial charge in [-0.25, -0.2) is 0 Å². The second-order valence-corrected chi connectivity index (χ2v) is 13.4. The predicted molar refractivity (Wildman–Crippen MR) is 141 cm³/mol. The minimum Gasteiger partial charge on any atom is -0.303 e. The molecule has 0 aromatic carbocycles. The van der Waals surface area contributed by atoms with E-state index in [1.807, 2.05) is 0 Å². The van der Waals surface area contributed by atoms with Crippen LogP contribution in [0.1, 0.15) is 115 Å². The summed E-state index contributed by atoms with van der Waals surface area (Å²) in [4.78, 5) is 22.5. The van der Waals surface area contributed by atoms with Crippen LogP contribution in [0.3, 0.4) is 0 Å². The monoisotopic (exact) mass is 456 g/mol. The molecule has 4 aliphatic carbocycles. The molecule has 0 spiro atoms. The highest BCUT2D eigenvalue weighted by Crippen LogP contribution is 2.63. The van der Waals surface area contributed by atoms with Crippen molar-refractivity contribution >= 4 is 12.6 Å². The van der Waals surface area contributed by atoms with Crippen LogP contribution in [0.4, 0.5) is 0 Å². The van der Waals surface area contributed by atoms with E-state index in [2.05, 4.69) is 69.2 Å². The zero-order chi connectivity index (χ0) is 24.3. The number of carbonyl (C=O) groups excluding carboxylic acids is 2. The Bertz CT molecular complexity index is 763. The summed E-state index contributed by atoms with van der Waals surface area (Å²) < 4.78 is 0. The molecule has 0 aromatic rings. The van der Waals surface area contributed by atoms with Gasteiger partial charge in [-0.3, -0.25) is 0 Å². The Hall–Kier alpha value is -1.18. The molecule has 2 unspecified atom stereocenters. The van der Waals surface area contributed by atoms with E-state index >= 15 is 0 Å². The van der Waals surface area contributed by atoms with E-state index in [4.69, 9.17) is 0 Å². The Balaban J connectivity index is 0.000000227. The third-order valence-corrected chi connectivity index (χ3v) is 10.9. The fourth-order valence-electron chi connectivity index (χ4n) is 8.14. The molecule has 0 N–H and O–H groups in total. The largest absolute Gasteiger partial charge is 0.303 e. The van der Waals surface area contributed by atoms with Gasteiger partial charge in [0.2, 0.25) is 0 Å². The molecule has 0 fully saturated rings. The van der Waals surface area contributed by atoms with Gasteiger partial charge in [0.25, 0.3) is 0 Å². The number of carbonyl (C=O) groups is 2. The summed E-state index contributed by atoms with van der Waals surface area (Å²) in [5.41, 5.74) is 7.09. The molecule has 4 rings (SSSR count). The first kappa shape index (κ1) is 28.1. The van der Waals surface area contributed by atoms with Crippen LogP contribution >= 0.6 is 0 Å². The average Bonchev–Trinajstić information content (AvgIpc) is 2.99. The number of hydrogen-bond donors (Lipinski definition) is 0. The van der Waals surface area contributed by atoms with E-state index in [0.29, 0.717) is 11.8 Å². The lowest BCUT2D eigenvalue weighted by Gasteiger charge is -2.35. The molecule has 0 aromatic heterocycles. The first-order chi connectivity index (χ1) is 14.7. The lowest BCUT2D eigenvalue weighted by Crippen LogP contribution is -2.29. The van der Waals surface area contributed by atoms with Crippen LogP contribution in [0.25, 0.3) is 0 Å². The first-order valence-corrected chi connectivity index (χ1v) is 13.0. The normalized spacial score (nSPS) is 35.0. The summed E-state index contributed by atoms with van der Waals surface area (Å²) >= 11 is 0. The van der Waals surface area contributed by atoms with Crippen molar-refractivity contribution in [2.75, 3.05) is 0 Å². The molecule has 4 aliphatic rings. The van der Waals surface area contributed by atoms with Crippen molar-refractivity contribution in [1.29, 1.82) is 0 Å². The minimum atomic E-state index is 0. The van der Waals surface area contributed by atoms with Crippen molar-refractivity contribution in [3.05, 3.63) is 22.3 Å². The second kappa shape index (κ2) is 9.12. The molecule has 4 atom stereocenters. The van der Waals surface area contributed by atoms with Gasteiger partial charge in [-0.2, -0.15) is 0 Å². The Morgan fingerprint density at radius 2 is 0.909 bits per heavy atom. The highest BCUT2D eigenvalue weighted by Gasteiger charge is 2.53. The van der Waals surface area contributed by atoms with Gasteiger partial charge in [0.15, 0.2) is 0 Å². The van der Waals surface area contributed by atoms with Gasteiger partial charge in [-0.05, 0) is 72.0 Å². The molecule has 0 radical (unpaired) electrons. The maximum atomic E-state index is 11.3. The van der Waals surface area contributed by atoms with Crippen LogP contribution in [0.15, 0.2) is 22.3 Å². The van der Waals surface area contributed by atoms with Crippen LogP contribution < -0.4 is 0 Å². The van der Waals surface area contributed by atoms with Gasteiger partial charge in [0, 0.05) is 11.8 Å². The van der Waals surface area contributed by atoms with Gasteiger partial charge < -0.3 is 9.59 Å². The predicted octanol–water partition coefficient (Wildman–Crippen LogP) is 8.60. The van der Waals surface area contributed by atoms with Crippen LogP contribution in [0, 0.1) is 45.3 Å². The maximum Gasteiger partial charge on any atom is 0.127 e. The lowest BCUT2D eigenvalue weighted by molar-refractivity contribution is -0.111. The Kier molecular flexibility index (Phi) is 7.75. The summed E-state index contributed by atoms with van der Waals surface area (Å²) in [6, 6.07) is 0. The maximum absolute atomic E-state index is 11.3. The summed E-state index contributed by atoms with van der Waals surface area (Å²) in [6.07, 6.45) is 9.29. The molecule has 33 heavy (non-hydrogen) atoms. The van der Waals surface area contributed by atoms with Crippen LogP contribution in [0.5, 0.6) is 0 Å². The summed E-state index contributed by atoms with van der Waals surface area (Å²) in [7, 11) is 0. The van der Waals surface area contributed by atoms with Gasteiger partial charge in [0.05, 0.1) is 0 Å². The van der Waals surface area contributed by atoms with Crippen molar-refractivity contribution < 1.29 is 9.59 Å². The van der Waals surface area contributed by atoms with Gasteiger partial charge >= 0.3 is 0 Å². The van der Waals surface area contributed by atoms with Gasteiger partial charge in [-0.1, -0.05) is 99.0 Å². The van der Waals surface area contributed by atoms with Crippen molar-refractivity contribution in [2.45, 2.75) is 115 Å². The van der Waals surface area contributed by atoms with Crippen molar-refractivity contribution in [1.82, 2.24) is 0 Å². The summed E-state index contributed by atoms with van der Waals surface area (Å²) in [5, 5.41) is 0. The molecule has 0 aliphatic heterocycles. The minimum absolute atomic E-state index is 0. The van der Waals surface area contributed by atoms with E-state index in [1.54, 1.807) is 11.1 Å². The van der Waals surface area contributed by atoms with E-state index in [9.17, 15) is 9.59 Å². The number of allylic oxidation sites excluding steroid dienone is 4. The molecule has 2 heteroatoms. The number of aldehydes is 2. The molecule has 188 valence electrons. The standard InChI is InChI=1S/2C15H24O.CH4/c2*1-10-14(2,3)12-8-6-7-11(9-16)13(12)15(10,4)5;/h2*9-11H,6-8H2,1-5H3;1H4/t2*10?,11-;/m10./s1. The van der Waals surface area contributed by atoms with E-state index in [1.165, 1.54) is 49.4 Å². The molecule has 0 amide bonds. The topological polar surface area (TPSA) is 34.1 Å². The third kappa shape index (κ3) is 4.12. The Labute approximate surface area is 205 Å². The van der Waals surface area contributed by atoms with E-state index < -0.39 is 0 Å². The quantitative estimate of drug-likeness (QED) is 0.308. The van der Waals surface area contributed by atoms with E-state index in [0.717, 1.165) is 12.8 Å². The molecule has 2 nitrogen and oxygen atoms in total. The second-order valence-electron chi connectivity index (χ2n) is 13.4. The SMILES string of the molecule is C.CC1C(C)(C)C2=C([C@@H](C=O)CCC2)C1(C)C.CC1C(C)(C)C2=C([C@H](C=O)CCC2)C1(C)C. The fraction of sp³-hybridized carbons (Fsp3) is 0.806. The molecule has 0 heterocycles. The highest BCUT2D eigenvalue weighted by molar-refractivity contribution is 5.63. The smallest absolute Gasteiger partial charge is 0.127 e. The average molecular weight is 457 g/mol. The third-order valence-electron chi connectivity index (χ3n) is 10.9.